The molecule has 1 rings (SSSR count). The molecule has 1 heterocycles. The topological polar surface area (TPSA) is 68.0 Å². The van der Waals surface area contributed by atoms with Gasteiger partial charge in [0.25, 0.3) is 5.91 Å². The maximum atomic E-state index is 11.5. The number of amides is 1. The predicted octanol–water partition coefficient (Wildman–Crippen LogP) is 0.734. The first-order valence-electron chi connectivity index (χ1n) is 4.59. The van der Waals surface area contributed by atoms with E-state index in [1.165, 1.54) is 6.20 Å². The molecule has 15 heavy (non-hydrogen) atoms. The molecule has 0 fully saturated rings. The van der Waals surface area contributed by atoms with E-state index < -0.39 is 0 Å². The minimum absolute atomic E-state index is 0.000575. The normalized spacial score (nSPS) is 11.8. The van der Waals surface area contributed by atoms with E-state index in [2.05, 4.69) is 10.3 Å². The highest BCUT2D eigenvalue weighted by Gasteiger charge is 2.08. The number of thiocarbonyl (C=S) groups is 1. The van der Waals surface area contributed by atoms with Crippen molar-refractivity contribution in [1.29, 1.82) is 0 Å². The van der Waals surface area contributed by atoms with Gasteiger partial charge in [-0.1, -0.05) is 19.1 Å². The van der Waals surface area contributed by atoms with Gasteiger partial charge < -0.3 is 11.1 Å². The standard InChI is InChI=1S/C10H13N3OS/c1-7(9(11)15)5-13-10(14)8-3-2-4-12-6-8/h2-4,6-7H,5H2,1H3,(H2,11,15)(H,13,14). The molecular formula is C10H13N3OS. The van der Waals surface area contributed by atoms with E-state index in [1.54, 1.807) is 18.3 Å². The molecule has 0 aliphatic heterocycles. The van der Waals surface area contributed by atoms with Gasteiger partial charge in [0.1, 0.15) is 0 Å². The fourth-order valence-electron chi connectivity index (χ4n) is 0.946. The SMILES string of the molecule is CC(CNC(=O)c1cccnc1)C(N)=S. The average molecular weight is 223 g/mol. The number of nitrogens with zero attached hydrogens (tertiary/aromatic N) is 1. The molecule has 0 saturated heterocycles. The van der Waals surface area contributed by atoms with Crippen LogP contribution in [0, 0.1) is 5.92 Å². The highest BCUT2D eigenvalue weighted by Crippen LogP contribution is 1.97. The Hall–Kier alpha value is -1.49. The van der Waals surface area contributed by atoms with Crippen molar-refractivity contribution in [3.63, 3.8) is 0 Å². The molecule has 1 unspecified atom stereocenters. The summed E-state index contributed by atoms with van der Waals surface area (Å²) in [5.41, 5.74) is 5.96. The summed E-state index contributed by atoms with van der Waals surface area (Å²) in [5.74, 6) is -0.160. The second-order valence-electron chi connectivity index (χ2n) is 3.26. The third kappa shape index (κ3) is 3.63. The van der Waals surface area contributed by atoms with Gasteiger partial charge in [-0.25, -0.2) is 0 Å². The van der Waals surface area contributed by atoms with Gasteiger partial charge in [0, 0.05) is 24.9 Å². The van der Waals surface area contributed by atoms with Crippen LogP contribution < -0.4 is 11.1 Å². The van der Waals surface area contributed by atoms with Crippen LogP contribution in [0.1, 0.15) is 17.3 Å². The first-order chi connectivity index (χ1) is 7.11. The first kappa shape index (κ1) is 11.6. The number of hydrogen-bond donors (Lipinski definition) is 2. The Balaban J connectivity index is 2.47. The summed E-state index contributed by atoms with van der Waals surface area (Å²) in [4.78, 5) is 15.8. The third-order valence-electron chi connectivity index (χ3n) is 1.98. The van der Waals surface area contributed by atoms with Crippen LogP contribution in [0.25, 0.3) is 0 Å². The number of nitrogens with two attached hydrogens (primary N) is 1. The van der Waals surface area contributed by atoms with Gasteiger partial charge >= 0.3 is 0 Å². The van der Waals surface area contributed by atoms with Gasteiger partial charge in [0.05, 0.1) is 10.6 Å². The molecule has 0 saturated carbocycles. The van der Waals surface area contributed by atoms with Crippen LogP contribution in [0.4, 0.5) is 0 Å². The van der Waals surface area contributed by atoms with Gasteiger partial charge in [-0.05, 0) is 12.1 Å². The molecule has 0 aliphatic carbocycles. The largest absolute Gasteiger partial charge is 0.393 e. The van der Waals surface area contributed by atoms with Gasteiger partial charge in [0.2, 0.25) is 0 Å². The average Bonchev–Trinajstić information content (AvgIpc) is 2.26. The van der Waals surface area contributed by atoms with Crippen LogP contribution in [-0.2, 0) is 0 Å². The quantitative estimate of drug-likeness (QED) is 0.739. The van der Waals surface area contributed by atoms with Crippen LogP contribution in [0.3, 0.4) is 0 Å². The van der Waals surface area contributed by atoms with Crippen molar-refractivity contribution >= 4 is 23.1 Å². The summed E-state index contributed by atoms with van der Waals surface area (Å²) in [5, 5.41) is 2.73. The van der Waals surface area contributed by atoms with Gasteiger partial charge in [0.15, 0.2) is 0 Å². The molecule has 1 atom stereocenters. The smallest absolute Gasteiger partial charge is 0.252 e. The van der Waals surface area contributed by atoms with Crippen molar-refractivity contribution in [2.24, 2.45) is 11.7 Å². The number of nitrogens with one attached hydrogen (secondary N) is 1. The second-order valence-corrected chi connectivity index (χ2v) is 3.73. The maximum Gasteiger partial charge on any atom is 0.252 e. The summed E-state index contributed by atoms with van der Waals surface area (Å²) in [6, 6.07) is 3.42. The van der Waals surface area contributed by atoms with E-state index in [-0.39, 0.29) is 11.8 Å². The Bertz CT molecular complexity index is 353. The molecule has 1 amide bonds. The number of carbonyl (C=O) groups is 1. The van der Waals surface area contributed by atoms with Crippen molar-refractivity contribution in [2.75, 3.05) is 6.54 Å². The van der Waals surface area contributed by atoms with Crippen molar-refractivity contribution in [3.8, 4) is 0 Å². The molecule has 5 heteroatoms. The van der Waals surface area contributed by atoms with E-state index in [0.29, 0.717) is 17.1 Å². The Morgan fingerprint density at radius 3 is 3.00 bits per heavy atom. The summed E-state index contributed by atoms with van der Waals surface area (Å²) in [7, 11) is 0. The lowest BCUT2D eigenvalue weighted by atomic mass is 10.2. The first-order valence-corrected chi connectivity index (χ1v) is 4.99. The molecule has 0 aliphatic rings. The van der Waals surface area contributed by atoms with Crippen LogP contribution in [-0.4, -0.2) is 22.4 Å². The van der Waals surface area contributed by atoms with E-state index in [9.17, 15) is 4.79 Å². The monoisotopic (exact) mass is 223 g/mol. The van der Waals surface area contributed by atoms with Crippen molar-refractivity contribution in [1.82, 2.24) is 10.3 Å². The fraction of sp³-hybridized carbons (Fsp3) is 0.300. The van der Waals surface area contributed by atoms with Gasteiger partial charge in [-0.2, -0.15) is 0 Å². The van der Waals surface area contributed by atoms with Crippen LogP contribution in [0.5, 0.6) is 0 Å². The summed E-state index contributed by atoms with van der Waals surface area (Å²) in [6.07, 6.45) is 3.13. The number of rotatable bonds is 4. The number of hydrogen-bond acceptors (Lipinski definition) is 3. The molecule has 0 radical (unpaired) electrons. The zero-order valence-corrected chi connectivity index (χ0v) is 9.25. The minimum Gasteiger partial charge on any atom is -0.393 e. The van der Waals surface area contributed by atoms with E-state index in [0.717, 1.165) is 0 Å². The van der Waals surface area contributed by atoms with Crippen LogP contribution in [0.2, 0.25) is 0 Å². The maximum absolute atomic E-state index is 11.5. The molecule has 0 spiro atoms. The Morgan fingerprint density at radius 2 is 2.47 bits per heavy atom. The molecule has 80 valence electrons. The molecule has 4 nitrogen and oxygen atoms in total. The Morgan fingerprint density at radius 1 is 1.73 bits per heavy atom. The van der Waals surface area contributed by atoms with Crippen molar-refractivity contribution in [2.45, 2.75) is 6.92 Å². The lowest BCUT2D eigenvalue weighted by molar-refractivity contribution is 0.0951. The molecule has 3 N–H and O–H groups in total. The molecule has 1 aromatic heterocycles. The molecule has 0 bridgehead atoms. The van der Waals surface area contributed by atoms with E-state index >= 15 is 0 Å². The fourth-order valence-corrected chi connectivity index (χ4v) is 1.03. The van der Waals surface area contributed by atoms with Gasteiger partial charge in [-0.3, -0.25) is 9.78 Å². The third-order valence-corrected chi connectivity index (χ3v) is 2.38. The lowest BCUT2D eigenvalue weighted by Crippen LogP contribution is -2.33. The molecule has 1 aromatic rings. The highest BCUT2D eigenvalue weighted by molar-refractivity contribution is 7.80. The number of pyridine rings is 1. The summed E-state index contributed by atoms with van der Waals surface area (Å²) in [6.45, 7) is 2.31. The van der Waals surface area contributed by atoms with E-state index in [4.69, 9.17) is 18.0 Å². The minimum atomic E-state index is -0.161. The van der Waals surface area contributed by atoms with Crippen molar-refractivity contribution < 1.29 is 4.79 Å². The lowest BCUT2D eigenvalue weighted by Gasteiger charge is -2.10. The summed E-state index contributed by atoms with van der Waals surface area (Å²) < 4.78 is 0. The Kier molecular flexibility index (Phi) is 4.17. The zero-order chi connectivity index (χ0) is 11.3. The van der Waals surface area contributed by atoms with Crippen molar-refractivity contribution in [3.05, 3.63) is 30.1 Å². The zero-order valence-electron chi connectivity index (χ0n) is 8.43. The summed E-state index contributed by atoms with van der Waals surface area (Å²) >= 11 is 4.80. The number of aromatic nitrogens is 1. The predicted molar refractivity (Wildman–Crippen MR) is 62.5 cm³/mol. The molecule has 0 aromatic carbocycles. The molecular weight excluding hydrogens is 210 g/mol. The second kappa shape index (κ2) is 5.41. The van der Waals surface area contributed by atoms with E-state index in [1.807, 2.05) is 6.92 Å². The highest BCUT2D eigenvalue weighted by atomic mass is 32.1. The van der Waals surface area contributed by atoms with Crippen LogP contribution >= 0.6 is 12.2 Å². The van der Waals surface area contributed by atoms with Gasteiger partial charge in [-0.15, -0.1) is 0 Å². The Labute approximate surface area is 93.9 Å². The number of carbonyl (C=O) groups excluding carboxylic acids is 1. The van der Waals surface area contributed by atoms with Crippen LogP contribution in [0.15, 0.2) is 24.5 Å².